The SMILES string of the molecule is CC(=O)C=C(C)O.Cc1ccc(N(c2ccc(C)c(C)c2)c2cc3c4ccccc4c(N(c4ccc(C)c(C)c4)c4ccc(C)c(C)c4)cc3c3ccccc23)cc1C.[2H]c1c([2H])c([2H])c(-c2ccc(-c3[c-]c(C)cc4ccccc34)nc2)c([2H])c1[2H].[2H]c1c([2H])c([2H])c(N(c2ccccc2)c2cccc3c2ccc2c(N(c4ccccc4)c4c([2H])c([2H])c([2H])c([2H])c4[2H])c4ccccc4cc23)c([2H])c1[2H].[Ir]. The number of para-hydroxylation sites is 4. The molecule has 19 aromatic carbocycles. The van der Waals surface area contributed by atoms with Crippen molar-refractivity contribution in [2.45, 2.75) is 76.2 Å². The van der Waals surface area contributed by atoms with Crippen LogP contribution in [0.2, 0.25) is 0 Å². The predicted octanol–water partition coefficient (Wildman–Crippen LogP) is 33.4. The molecule has 1 N–H and O–H groups in total. The zero-order valence-electron chi connectivity index (χ0n) is 87.4. The Labute approximate surface area is 780 Å². The van der Waals surface area contributed by atoms with E-state index in [1.807, 2.05) is 146 Å². The van der Waals surface area contributed by atoms with Gasteiger partial charge in [-0.3, -0.25) is 4.79 Å². The number of rotatable bonds is 15. The number of aromatic nitrogens is 1. The molecule has 20 aromatic rings. The Morgan fingerprint density at radius 1 is 0.307 bits per heavy atom. The first kappa shape index (κ1) is 68.6. The van der Waals surface area contributed by atoms with E-state index in [4.69, 9.17) is 25.7 Å². The minimum absolute atomic E-state index is 0. The zero-order valence-corrected chi connectivity index (χ0v) is 74.8. The minimum Gasteiger partial charge on any atom is -0.512 e. The molecule has 8 heteroatoms. The van der Waals surface area contributed by atoms with Crippen molar-refractivity contribution in [3.8, 4) is 22.4 Å². The molecule has 1 aromatic heterocycles. The third-order valence-corrected chi connectivity index (χ3v) is 23.2. The maximum absolute atomic E-state index is 10.0. The van der Waals surface area contributed by atoms with E-state index >= 15 is 0 Å². The molecule has 0 aliphatic heterocycles. The van der Waals surface area contributed by atoms with E-state index in [0.29, 0.717) is 28.3 Å². The number of hydrogen-bond acceptors (Lipinski definition) is 7. The summed E-state index contributed by atoms with van der Waals surface area (Å²) >= 11 is 0. The fraction of sp³-hybridized carbons (Fsp3) is 0.0924. The molecular weight excluding hydrogens is 1720 g/mol. The number of benzene rings is 19. The minimum atomic E-state index is -0.481. The normalized spacial score (nSPS) is 12.8. The predicted molar refractivity (Wildman–Crippen MR) is 538 cm³/mol. The average molecular weight is 1840 g/mol. The molecular formula is C119H100IrN5O2-. The molecule has 127 heavy (non-hydrogen) atoms. The van der Waals surface area contributed by atoms with E-state index in [0.717, 1.165) is 82.7 Å². The van der Waals surface area contributed by atoms with E-state index < -0.39 is 42.3 Å². The summed E-state index contributed by atoms with van der Waals surface area (Å²) in [6, 6.07) is 99.1. The molecule has 0 spiro atoms. The topological polar surface area (TPSA) is 63.2 Å². The summed E-state index contributed by atoms with van der Waals surface area (Å²) < 4.78 is 126. The van der Waals surface area contributed by atoms with E-state index in [9.17, 15) is 4.79 Å². The Hall–Kier alpha value is -14.8. The summed E-state index contributed by atoms with van der Waals surface area (Å²) in [4.78, 5) is 22.9. The van der Waals surface area contributed by atoms with Gasteiger partial charge in [-0.2, -0.15) is 0 Å². The van der Waals surface area contributed by atoms with Gasteiger partial charge < -0.3 is 29.7 Å². The third kappa shape index (κ3) is 18.2. The molecule has 0 saturated carbocycles. The van der Waals surface area contributed by atoms with Gasteiger partial charge in [0.05, 0.1) is 49.1 Å². The third-order valence-electron chi connectivity index (χ3n) is 23.2. The Bertz CT molecular complexity index is 8080. The number of aliphatic hydroxyl groups is 1. The molecule has 0 atom stereocenters. The first-order chi connectivity index (χ1) is 67.6. The number of fused-ring (bicyclic) bond motifs is 10. The van der Waals surface area contributed by atoms with Crippen LogP contribution in [-0.4, -0.2) is 15.9 Å². The van der Waals surface area contributed by atoms with Gasteiger partial charge in [-0.15, -0.1) is 28.6 Å². The van der Waals surface area contributed by atoms with Crippen molar-refractivity contribution >= 4 is 149 Å². The summed E-state index contributed by atoms with van der Waals surface area (Å²) in [6.45, 7) is 22.4. The standard InChI is InChI=1S/C50H46N2.C42H30N2.C22H16N.C5H8O2.Ir/c1-31-17-21-39(25-35(31)5)51(40-22-18-32(2)36(6)26-40)49-29-47-44-14-10-12-16-46(44)50(30-48(47)43-13-9-11-15-45(43)49)52(41-23-19-33(3)37(7)27-41)42-24-20-34(4)38(8)28-42;1-5-17-32(18-6-1)43(33-19-7-2-8-20-33)41-27-15-26-37-38(41)28-29-39-40(37)30-31-16-13-14-25-36(31)42(39)44(34-21-9-3-10-22-34)35-23-11-4-12-24-35;1-16-13-18-9-5-6-10-20(18)21(14-16)22-12-11-19(15-23-22)17-7-3-2-4-8-17;1-4(6)3-5(2)7;/h9-30H,1-8H3;1-30H;2-13,15H,1H3;3,6H,1-2H3;/q;;-1;;/i;1D,3D,5D,6D,9D,10D,17D,18D,21D,22D;2D,3D,4D,7D,8D;;. The summed E-state index contributed by atoms with van der Waals surface area (Å²) in [7, 11) is 0. The number of nitrogens with zero attached hydrogens (tertiary/aromatic N) is 5. The van der Waals surface area contributed by atoms with Crippen LogP contribution in [0.1, 0.15) is 84.5 Å². The number of carbonyl (C=O) groups is 1. The molecule has 0 fully saturated rings. The number of ketones is 1. The Balaban J connectivity index is 0.000000154. The van der Waals surface area contributed by atoms with Crippen LogP contribution in [-0.2, 0) is 24.9 Å². The average Bonchev–Trinajstić information content (AvgIpc) is 0.728. The van der Waals surface area contributed by atoms with Crippen LogP contribution in [0.25, 0.3) is 97.8 Å². The number of pyridine rings is 1. The van der Waals surface area contributed by atoms with Crippen molar-refractivity contribution < 1.29 is 50.6 Å². The zero-order chi connectivity index (χ0) is 100. The molecule has 0 aliphatic rings. The Kier molecular flexibility index (Phi) is 20.6. The monoisotopic (exact) mass is 1840 g/mol. The molecule has 1 heterocycles. The molecule has 7 nitrogen and oxygen atoms in total. The molecule has 0 aliphatic carbocycles. The molecule has 20 rings (SSSR count). The molecule has 623 valence electrons. The first-order valence-corrected chi connectivity index (χ1v) is 41.9. The van der Waals surface area contributed by atoms with Crippen LogP contribution in [0, 0.1) is 68.4 Å². The van der Waals surface area contributed by atoms with Crippen molar-refractivity contribution in [2.75, 3.05) is 19.6 Å². The molecule has 1 radical (unpaired) electrons. The van der Waals surface area contributed by atoms with Crippen LogP contribution in [0.3, 0.4) is 0 Å². The van der Waals surface area contributed by atoms with Crippen LogP contribution < -0.4 is 19.6 Å². The maximum Gasteiger partial charge on any atom is 0.155 e. The van der Waals surface area contributed by atoms with Gasteiger partial charge in [0, 0.05) is 105 Å². The van der Waals surface area contributed by atoms with E-state index in [2.05, 4.69) is 222 Å². The molecule has 0 unspecified atom stereocenters. The van der Waals surface area contributed by atoms with Gasteiger partial charge in [-0.25, -0.2) is 0 Å². The quantitative estimate of drug-likeness (QED) is 0.0361. The van der Waals surface area contributed by atoms with E-state index in [1.54, 1.807) is 28.1 Å². The van der Waals surface area contributed by atoms with Crippen molar-refractivity contribution in [3.05, 3.63) is 462 Å². The van der Waals surface area contributed by atoms with Crippen LogP contribution in [0.15, 0.2) is 406 Å². The van der Waals surface area contributed by atoms with Gasteiger partial charge in [0.15, 0.2) is 5.78 Å². The number of hydrogen-bond donors (Lipinski definition) is 1. The Morgan fingerprint density at radius 3 is 1.13 bits per heavy atom. The summed E-state index contributed by atoms with van der Waals surface area (Å²) in [5.74, 6) is -0.0625. The number of aliphatic hydroxyl groups excluding tert-OH is 1. The van der Waals surface area contributed by atoms with Crippen molar-refractivity contribution in [3.63, 3.8) is 0 Å². The maximum atomic E-state index is 10.0. The second-order valence-electron chi connectivity index (χ2n) is 31.7. The number of aryl methyl sites for hydroxylation is 9. The van der Waals surface area contributed by atoms with E-state index in [1.165, 1.54) is 108 Å². The van der Waals surface area contributed by atoms with Crippen molar-refractivity contribution in [2.24, 2.45) is 0 Å². The van der Waals surface area contributed by atoms with Crippen LogP contribution in [0.4, 0.5) is 68.2 Å². The molecule has 0 saturated heterocycles. The summed E-state index contributed by atoms with van der Waals surface area (Å²) in [5, 5.41) is 22.6. The number of anilines is 12. The summed E-state index contributed by atoms with van der Waals surface area (Å²) in [5.41, 5.74) is 22.9. The van der Waals surface area contributed by atoms with Gasteiger partial charge in [0.1, 0.15) is 0 Å². The fourth-order valence-corrected chi connectivity index (χ4v) is 16.5. The number of carbonyl (C=O) groups excluding carboxylic acids is 1. The van der Waals surface area contributed by atoms with Gasteiger partial charge in [-0.05, 0) is 290 Å². The second-order valence-corrected chi connectivity index (χ2v) is 31.7. The number of allylic oxidation sites excluding steroid dienone is 2. The first-order valence-electron chi connectivity index (χ1n) is 49.4. The van der Waals surface area contributed by atoms with Gasteiger partial charge in [0.25, 0.3) is 0 Å². The summed E-state index contributed by atoms with van der Waals surface area (Å²) in [6.07, 6.45) is 2.72. The van der Waals surface area contributed by atoms with Gasteiger partial charge in [-0.1, -0.05) is 273 Å². The largest absolute Gasteiger partial charge is 0.512 e. The van der Waals surface area contributed by atoms with Crippen LogP contribution >= 0.6 is 0 Å². The molecule has 0 bridgehead atoms. The van der Waals surface area contributed by atoms with E-state index in [-0.39, 0.29) is 96.9 Å². The van der Waals surface area contributed by atoms with Crippen molar-refractivity contribution in [1.29, 1.82) is 0 Å². The van der Waals surface area contributed by atoms with Crippen molar-refractivity contribution in [1.82, 2.24) is 4.98 Å². The van der Waals surface area contributed by atoms with Gasteiger partial charge in [0.2, 0.25) is 0 Å². The smallest absolute Gasteiger partial charge is 0.155 e. The molecule has 0 amide bonds. The Morgan fingerprint density at radius 2 is 0.685 bits per heavy atom. The van der Waals surface area contributed by atoms with Crippen LogP contribution in [0.5, 0.6) is 0 Å². The van der Waals surface area contributed by atoms with Gasteiger partial charge >= 0.3 is 0 Å². The second kappa shape index (κ2) is 38.1. The fourth-order valence-electron chi connectivity index (χ4n) is 16.5.